The number of hydrogen-bond donors (Lipinski definition) is 3. The maximum Gasteiger partial charge on any atom is 0.271 e. The van der Waals surface area contributed by atoms with Gasteiger partial charge in [0.15, 0.2) is 0 Å². The molecular weight excluding hydrogens is 298 g/mol. The monoisotopic (exact) mass is 317 g/mol. The third-order valence-electron chi connectivity index (χ3n) is 3.67. The molecule has 0 heterocycles. The van der Waals surface area contributed by atoms with Crippen molar-refractivity contribution >= 4 is 29.7 Å². The van der Waals surface area contributed by atoms with Crippen LogP contribution in [0, 0.1) is 15.5 Å². The number of nitrogens with zero attached hydrogens (tertiary/aromatic N) is 1. The molecule has 0 saturated heterocycles. The summed E-state index contributed by atoms with van der Waals surface area (Å²) in [6, 6.07) is 3.47. The largest absolute Gasteiger partial charge is 0.506 e. The molecule has 7 nitrogen and oxygen atoms in total. The first kappa shape index (κ1) is 19.1. The number of non-ortho nitro benzene ring substituents is 1. The number of nitro benzene ring substituents is 1. The molecule has 118 valence electrons. The fourth-order valence-corrected chi connectivity index (χ4v) is 1.95. The Morgan fingerprint density at radius 1 is 1.43 bits per heavy atom. The summed E-state index contributed by atoms with van der Waals surface area (Å²) in [5.74, 6) is -0.567. The van der Waals surface area contributed by atoms with E-state index in [2.05, 4.69) is 5.32 Å². The predicted molar refractivity (Wildman–Crippen MR) is 82.7 cm³/mol. The second-order valence-corrected chi connectivity index (χ2v) is 4.60. The van der Waals surface area contributed by atoms with Crippen LogP contribution >= 0.6 is 12.4 Å². The lowest BCUT2D eigenvalue weighted by molar-refractivity contribution is -0.384. The maximum atomic E-state index is 12.3. The molecule has 0 saturated carbocycles. The van der Waals surface area contributed by atoms with E-state index < -0.39 is 10.3 Å². The van der Waals surface area contributed by atoms with Crippen LogP contribution in [0.15, 0.2) is 18.2 Å². The van der Waals surface area contributed by atoms with Crippen LogP contribution in [0.1, 0.15) is 26.7 Å². The zero-order valence-electron chi connectivity index (χ0n) is 12.0. The van der Waals surface area contributed by atoms with Gasteiger partial charge >= 0.3 is 0 Å². The molecule has 0 bridgehead atoms. The number of nitrogens with one attached hydrogen (secondary N) is 1. The molecule has 0 aliphatic heterocycles. The van der Waals surface area contributed by atoms with Gasteiger partial charge in [0.1, 0.15) is 5.75 Å². The molecule has 1 rings (SSSR count). The van der Waals surface area contributed by atoms with Gasteiger partial charge in [-0.3, -0.25) is 14.9 Å². The molecule has 21 heavy (non-hydrogen) atoms. The third-order valence-corrected chi connectivity index (χ3v) is 3.67. The van der Waals surface area contributed by atoms with Crippen LogP contribution in [-0.2, 0) is 4.79 Å². The van der Waals surface area contributed by atoms with Crippen molar-refractivity contribution in [2.24, 2.45) is 11.1 Å². The second-order valence-electron chi connectivity index (χ2n) is 4.60. The van der Waals surface area contributed by atoms with E-state index in [-0.39, 0.29) is 42.0 Å². The van der Waals surface area contributed by atoms with E-state index in [1.165, 1.54) is 12.1 Å². The first-order valence-electron chi connectivity index (χ1n) is 6.39. The second kappa shape index (κ2) is 7.80. The zero-order valence-corrected chi connectivity index (χ0v) is 12.8. The summed E-state index contributed by atoms with van der Waals surface area (Å²) in [6.45, 7) is 3.87. The van der Waals surface area contributed by atoms with E-state index in [0.717, 1.165) is 6.07 Å². The normalized spacial score (nSPS) is 10.6. The minimum absolute atomic E-state index is 0. The van der Waals surface area contributed by atoms with Gasteiger partial charge in [0.05, 0.1) is 16.0 Å². The van der Waals surface area contributed by atoms with Crippen molar-refractivity contribution in [3.8, 4) is 5.75 Å². The van der Waals surface area contributed by atoms with Crippen molar-refractivity contribution in [2.45, 2.75) is 26.7 Å². The molecule has 0 fully saturated rings. The molecule has 1 amide bonds. The summed E-state index contributed by atoms with van der Waals surface area (Å²) in [5, 5.41) is 22.9. The fourth-order valence-electron chi connectivity index (χ4n) is 1.95. The number of amides is 1. The van der Waals surface area contributed by atoms with Crippen LogP contribution in [-0.4, -0.2) is 22.5 Å². The summed E-state index contributed by atoms with van der Waals surface area (Å²) in [5.41, 5.74) is 4.74. The third kappa shape index (κ3) is 4.05. The minimum atomic E-state index is -0.739. The zero-order chi connectivity index (χ0) is 15.3. The van der Waals surface area contributed by atoms with Crippen molar-refractivity contribution in [3.05, 3.63) is 28.3 Å². The minimum Gasteiger partial charge on any atom is -0.506 e. The van der Waals surface area contributed by atoms with E-state index in [1.54, 1.807) is 0 Å². The van der Waals surface area contributed by atoms with Gasteiger partial charge < -0.3 is 16.2 Å². The Balaban J connectivity index is 0.00000400. The maximum absolute atomic E-state index is 12.3. The Labute approximate surface area is 129 Å². The Kier molecular flexibility index (Phi) is 7.11. The molecule has 1 aromatic carbocycles. The number of hydrogen-bond acceptors (Lipinski definition) is 5. The molecule has 0 radical (unpaired) electrons. The fraction of sp³-hybridized carbons (Fsp3) is 0.462. The summed E-state index contributed by atoms with van der Waals surface area (Å²) in [4.78, 5) is 22.4. The Morgan fingerprint density at radius 2 is 2.00 bits per heavy atom. The lowest BCUT2D eigenvalue weighted by Gasteiger charge is -2.28. The van der Waals surface area contributed by atoms with Crippen molar-refractivity contribution in [1.82, 2.24) is 0 Å². The van der Waals surface area contributed by atoms with Gasteiger partial charge in [0.2, 0.25) is 5.91 Å². The number of phenolic OH excluding ortho intramolecular Hbond substituents is 1. The highest BCUT2D eigenvalue weighted by Crippen LogP contribution is 2.31. The lowest BCUT2D eigenvalue weighted by Crippen LogP contribution is -2.41. The van der Waals surface area contributed by atoms with Crippen molar-refractivity contribution in [3.63, 3.8) is 0 Å². The first-order chi connectivity index (χ1) is 9.40. The highest BCUT2D eigenvalue weighted by atomic mass is 35.5. The molecule has 0 aliphatic rings. The molecule has 0 unspecified atom stereocenters. The molecule has 1 aromatic rings. The van der Waals surface area contributed by atoms with Gasteiger partial charge in [-0.25, -0.2) is 0 Å². The Hall–Kier alpha value is -1.86. The summed E-state index contributed by atoms with van der Waals surface area (Å²) < 4.78 is 0. The number of benzene rings is 1. The SMILES string of the molecule is CCC(CC)(CN)C(=O)Nc1cc([N+](=O)[O-])ccc1O.Cl. The van der Waals surface area contributed by atoms with E-state index in [4.69, 9.17) is 5.73 Å². The number of nitrogens with two attached hydrogens (primary N) is 1. The van der Waals surface area contributed by atoms with Crippen LogP contribution in [0.5, 0.6) is 5.75 Å². The van der Waals surface area contributed by atoms with Gasteiger partial charge in [0, 0.05) is 18.7 Å². The number of anilines is 1. The molecule has 0 spiro atoms. The van der Waals surface area contributed by atoms with E-state index in [0.29, 0.717) is 12.8 Å². The van der Waals surface area contributed by atoms with Crippen LogP contribution in [0.25, 0.3) is 0 Å². The summed E-state index contributed by atoms with van der Waals surface area (Å²) in [6.07, 6.45) is 1.09. The van der Waals surface area contributed by atoms with Crippen molar-refractivity contribution < 1.29 is 14.8 Å². The number of carbonyl (C=O) groups is 1. The number of nitro groups is 1. The molecular formula is C13H20ClN3O4. The molecule has 0 aromatic heterocycles. The molecule has 0 atom stereocenters. The lowest BCUT2D eigenvalue weighted by atomic mass is 9.81. The highest BCUT2D eigenvalue weighted by molar-refractivity contribution is 5.97. The van der Waals surface area contributed by atoms with E-state index in [9.17, 15) is 20.0 Å². The molecule has 8 heteroatoms. The first-order valence-corrected chi connectivity index (χ1v) is 6.39. The van der Waals surface area contributed by atoms with Gasteiger partial charge in [-0.05, 0) is 18.9 Å². The number of aromatic hydroxyl groups is 1. The quantitative estimate of drug-likeness (QED) is 0.423. The topological polar surface area (TPSA) is 118 Å². The van der Waals surface area contributed by atoms with Crippen LogP contribution in [0.4, 0.5) is 11.4 Å². The molecule has 0 aliphatic carbocycles. The number of carbonyl (C=O) groups excluding carboxylic acids is 1. The predicted octanol–water partition coefficient (Wildman–Crippen LogP) is 2.43. The van der Waals surface area contributed by atoms with Crippen molar-refractivity contribution in [1.29, 1.82) is 0 Å². The van der Waals surface area contributed by atoms with Gasteiger partial charge in [-0.2, -0.15) is 0 Å². The van der Waals surface area contributed by atoms with Crippen molar-refractivity contribution in [2.75, 3.05) is 11.9 Å². The molecule has 4 N–H and O–H groups in total. The Bertz CT molecular complexity index is 510. The van der Waals surface area contributed by atoms with Crippen LogP contribution < -0.4 is 11.1 Å². The van der Waals surface area contributed by atoms with E-state index >= 15 is 0 Å². The van der Waals surface area contributed by atoms with Gasteiger partial charge in [-0.15, -0.1) is 12.4 Å². The highest BCUT2D eigenvalue weighted by Gasteiger charge is 2.33. The number of phenols is 1. The number of rotatable bonds is 6. The summed E-state index contributed by atoms with van der Waals surface area (Å²) in [7, 11) is 0. The average molecular weight is 318 g/mol. The number of halogens is 1. The van der Waals surface area contributed by atoms with E-state index in [1.807, 2.05) is 13.8 Å². The summed E-state index contributed by atoms with van der Waals surface area (Å²) >= 11 is 0. The van der Waals surface area contributed by atoms with Crippen LogP contribution in [0.3, 0.4) is 0 Å². The standard InChI is InChI=1S/C13H19N3O4.ClH/c1-3-13(4-2,8-14)12(18)15-10-7-9(16(19)20)5-6-11(10)17;/h5-7,17H,3-4,8,14H2,1-2H3,(H,15,18);1H. The van der Waals surface area contributed by atoms with Crippen LogP contribution in [0.2, 0.25) is 0 Å². The average Bonchev–Trinajstić information content (AvgIpc) is 2.43. The van der Waals surface area contributed by atoms with Gasteiger partial charge in [0.25, 0.3) is 5.69 Å². The Morgan fingerprint density at radius 3 is 2.43 bits per heavy atom. The van der Waals surface area contributed by atoms with Gasteiger partial charge in [-0.1, -0.05) is 13.8 Å². The smallest absolute Gasteiger partial charge is 0.271 e.